The van der Waals surface area contributed by atoms with Crippen LogP contribution in [0.4, 0.5) is 10.1 Å². The van der Waals surface area contributed by atoms with Gasteiger partial charge in [-0.3, -0.25) is 10.1 Å². The first kappa shape index (κ1) is 14.9. The first-order valence-corrected chi connectivity index (χ1v) is 6.59. The maximum absolute atomic E-state index is 13.4. The average Bonchev–Trinajstić information content (AvgIpc) is 2.77. The van der Waals surface area contributed by atoms with Crippen molar-refractivity contribution in [1.82, 2.24) is 0 Å². The van der Waals surface area contributed by atoms with E-state index >= 15 is 0 Å². The summed E-state index contributed by atoms with van der Waals surface area (Å²) in [6.45, 7) is 1.67. The van der Waals surface area contributed by atoms with E-state index in [1.165, 1.54) is 6.07 Å². The molecule has 0 amide bonds. The summed E-state index contributed by atoms with van der Waals surface area (Å²) in [5.74, 6) is -1.86. The predicted molar refractivity (Wildman–Crippen MR) is 73.4 cm³/mol. The zero-order valence-electron chi connectivity index (χ0n) is 10.8. The van der Waals surface area contributed by atoms with Gasteiger partial charge in [-0.05, 0) is 30.7 Å². The van der Waals surface area contributed by atoms with Gasteiger partial charge in [0, 0.05) is 10.9 Å². The summed E-state index contributed by atoms with van der Waals surface area (Å²) >= 11 is 1.08. The largest absolute Gasteiger partial charge is 0.487 e. The second kappa shape index (κ2) is 5.88. The van der Waals surface area contributed by atoms with Gasteiger partial charge in [-0.2, -0.15) is 4.39 Å². The van der Waals surface area contributed by atoms with Crippen molar-refractivity contribution in [2.75, 3.05) is 0 Å². The van der Waals surface area contributed by atoms with E-state index in [9.17, 15) is 19.3 Å². The average molecular weight is 311 g/mol. The lowest BCUT2D eigenvalue weighted by atomic mass is 10.2. The van der Waals surface area contributed by atoms with Crippen LogP contribution in [0.25, 0.3) is 0 Å². The summed E-state index contributed by atoms with van der Waals surface area (Å²) in [6, 6.07) is 4.99. The second-order valence-corrected chi connectivity index (χ2v) is 5.44. The Morgan fingerprint density at radius 1 is 1.48 bits per heavy atom. The van der Waals surface area contributed by atoms with Crippen molar-refractivity contribution in [2.45, 2.75) is 13.5 Å². The monoisotopic (exact) mass is 311 g/mol. The number of aryl methyl sites for hydroxylation is 1. The maximum Gasteiger partial charge on any atom is 0.349 e. The third-order valence-electron chi connectivity index (χ3n) is 2.62. The molecule has 0 saturated heterocycles. The molecule has 0 unspecified atom stereocenters. The highest BCUT2D eigenvalue weighted by atomic mass is 32.1. The predicted octanol–water partition coefficient (Wildman–Crippen LogP) is 3.38. The molecule has 0 aliphatic heterocycles. The smallest absolute Gasteiger partial charge is 0.349 e. The fourth-order valence-electron chi connectivity index (χ4n) is 1.70. The van der Waals surface area contributed by atoms with Crippen molar-refractivity contribution < 1.29 is 24.0 Å². The molecule has 8 heteroatoms. The number of hydrogen-bond donors (Lipinski definition) is 1. The Kier molecular flexibility index (Phi) is 4.18. The number of carboxylic acids is 1. The lowest BCUT2D eigenvalue weighted by Gasteiger charge is -2.05. The van der Waals surface area contributed by atoms with E-state index in [0.717, 1.165) is 28.3 Å². The molecule has 110 valence electrons. The molecular weight excluding hydrogens is 301 g/mol. The number of carbonyl (C=O) groups is 1. The topological polar surface area (TPSA) is 89.7 Å². The molecule has 0 radical (unpaired) electrons. The van der Waals surface area contributed by atoms with Crippen LogP contribution in [-0.4, -0.2) is 16.0 Å². The number of carboxylic acid groups (broad SMARTS) is 1. The molecule has 0 atom stereocenters. The van der Waals surface area contributed by atoms with E-state index in [0.29, 0.717) is 5.56 Å². The van der Waals surface area contributed by atoms with Crippen LogP contribution in [0.2, 0.25) is 0 Å². The van der Waals surface area contributed by atoms with Crippen LogP contribution in [-0.2, 0) is 6.61 Å². The van der Waals surface area contributed by atoms with Crippen molar-refractivity contribution >= 4 is 23.0 Å². The van der Waals surface area contributed by atoms with Crippen LogP contribution in [0.5, 0.6) is 5.75 Å². The van der Waals surface area contributed by atoms with Crippen LogP contribution in [0.1, 0.15) is 20.1 Å². The Morgan fingerprint density at radius 2 is 2.19 bits per heavy atom. The highest BCUT2D eigenvalue weighted by Gasteiger charge is 2.17. The van der Waals surface area contributed by atoms with E-state index in [1.54, 1.807) is 13.0 Å². The van der Waals surface area contributed by atoms with Crippen molar-refractivity contribution in [2.24, 2.45) is 0 Å². The molecule has 1 aromatic carbocycles. The molecule has 2 aromatic rings. The zero-order valence-corrected chi connectivity index (χ0v) is 11.6. The highest BCUT2D eigenvalue weighted by Crippen LogP contribution is 2.29. The minimum atomic E-state index is -1.10. The number of hydrogen-bond acceptors (Lipinski definition) is 5. The van der Waals surface area contributed by atoms with E-state index in [2.05, 4.69) is 0 Å². The molecule has 1 N–H and O–H groups in total. The second-order valence-electron chi connectivity index (χ2n) is 4.19. The molecule has 0 saturated carbocycles. The SMILES string of the molecule is Cc1cc(OCc2ccc([N+](=O)[O-])c(F)c2)c(C(=O)O)s1. The Morgan fingerprint density at radius 3 is 2.76 bits per heavy atom. The van der Waals surface area contributed by atoms with Crippen molar-refractivity contribution in [3.05, 3.63) is 55.5 Å². The Labute approximate surface area is 122 Å². The van der Waals surface area contributed by atoms with Crippen LogP contribution in [0.3, 0.4) is 0 Å². The van der Waals surface area contributed by atoms with Gasteiger partial charge >= 0.3 is 11.7 Å². The molecule has 1 aromatic heterocycles. The van der Waals surface area contributed by atoms with E-state index in [-0.39, 0.29) is 17.2 Å². The third-order valence-corrected chi connectivity index (χ3v) is 3.64. The van der Waals surface area contributed by atoms with Gasteiger partial charge < -0.3 is 9.84 Å². The van der Waals surface area contributed by atoms with Crippen LogP contribution in [0.15, 0.2) is 24.3 Å². The van der Waals surface area contributed by atoms with Gasteiger partial charge in [0.1, 0.15) is 12.4 Å². The molecule has 0 spiro atoms. The standard InChI is InChI=1S/C13H10FNO5S/c1-7-4-11(12(21-7)13(16)17)20-6-8-2-3-10(15(18)19)9(14)5-8/h2-5H,6H2,1H3,(H,16,17). The normalized spacial score (nSPS) is 10.4. The van der Waals surface area contributed by atoms with Crippen LogP contribution >= 0.6 is 11.3 Å². The molecule has 1 heterocycles. The maximum atomic E-state index is 13.4. The van der Waals surface area contributed by atoms with Crippen molar-refractivity contribution in [3.8, 4) is 5.75 Å². The fraction of sp³-hybridized carbons (Fsp3) is 0.154. The lowest BCUT2D eigenvalue weighted by molar-refractivity contribution is -0.387. The molecule has 0 bridgehead atoms. The van der Waals surface area contributed by atoms with Crippen LogP contribution < -0.4 is 4.74 Å². The molecular formula is C13H10FNO5S. The summed E-state index contributed by atoms with van der Waals surface area (Å²) in [6.07, 6.45) is 0. The summed E-state index contributed by atoms with van der Waals surface area (Å²) < 4.78 is 18.8. The highest BCUT2D eigenvalue weighted by molar-refractivity contribution is 7.14. The van der Waals surface area contributed by atoms with Gasteiger partial charge in [0.15, 0.2) is 4.88 Å². The van der Waals surface area contributed by atoms with E-state index in [1.807, 2.05) is 0 Å². The molecule has 0 aliphatic carbocycles. The van der Waals surface area contributed by atoms with Gasteiger partial charge in [-0.1, -0.05) is 0 Å². The molecule has 0 fully saturated rings. The molecule has 2 rings (SSSR count). The fourth-order valence-corrected chi connectivity index (χ4v) is 2.49. The summed E-state index contributed by atoms with van der Waals surface area (Å²) in [5, 5.41) is 19.5. The first-order chi connectivity index (χ1) is 9.88. The molecule has 21 heavy (non-hydrogen) atoms. The number of benzene rings is 1. The number of thiophene rings is 1. The summed E-state index contributed by atoms with van der Waals surface area (Å²) in [5.41, 5.74) is -0.241. The van der Waals surface area contributed by atoms with Crippen molar-refractivity contribution in [1.29, 1.82) is 0 Å². The van der Waals surface area contributed by atoms with Gasteiger partial charge in [-0.15, -0.1) is 11.3 Å². The Balaban J connectivity index is 2.15. The van der Waals surface area contributed by atoms with E-state index < -0.39 is 22.4 Å². The number of nitro benzene ring substituents is 1. The number of nitrogens with zero attached hydrogens (tertiary/aromatic N) is 1. The van der Waals surface area contributed by atoms with Gasteiger partial charge in [-0.25, -0.2) is 4.79 Å². The summed E-state index contributed by atoms with van der Waals surface area (Å²) in [4.78, 5) is 21.5. The molecule has 6 nitrogen and oxygen atoms in total. The number of rotatable bonds is 5. The Hall–Kier alpha value is -2.48. The zero-order chi connectivity index (χ0) is 15.6. The number of nitro groups is 1. The minimum Gasteiger partial charge on any atom is -0.487 e. The van der Waals surface area contributed by atoms with Crippen molar-refractivity contribution in [3.63, 3.8) is 0 Å². The number of halogens is 1. The van der Waals surface area contributed by atoms with Gasteiger partial charge in [0.05, 0.1) is 4.92 Å². The number of aromatic carboxylic acids is 1. The summed E-state index contributed by atoms with van der Waals surface area (Å²) in [7, 11) is 0. The quantitative estimate of drug-likeness (QED) is 0.675. The number of ether oxygens (including phenoxy) is 1. The van der Waals surface area contributed by atoms with Crippen LogP contribution in [0, 0.1) is 22.9 Å². The van der Waals surface area contributed by atoms with Gasteiger partial charge in [0.2, 0.25) is 5.82 Å². The first-order valence-electron chi connectivity index (χ1n) is 5.78. The van der Waals surface area contributed by atoms with Gasteiger partial charge in [0.25, 0.3) is 0 Å². The third kappa shape index (κ3) is 3.34. The minimum absolute atomic E-state index is 0.0647. The Bertz CT molecular complexity index is 713. The molecule has 0 aliphatic rings. The van der Waals surface area contributed by atoms with E-state index in [4.69, 9.17) is 9.84 Å². The lowest BCUT2D eigenvalue weighted by Crippen LogP contribution is -2.01.